The summed E-state index contributed by atoms with van der Waals surface area (Å²) in [7, 11) is 0. The first-order valence-electron chi connectivity index (χ1n) is 9.76. The van der Waals surface area contributed by atoms with Gasteiger partial charge in [0.2, 0.25) is 5.95 Å². The molecule has 0 spiro atoms. The van der Waals surface area contributed by atoms with Gasteiger partial charge >= 0.3 is 0 Å². The third-order valence-electron chi connectivity index (χ3n) is 5.14. The molecule has 2 aromatic heterocycles. The van der Waals surface area contributed by atoms with Crippen LogP contribution in [0.4, 0.5) is 11.8 Å². The Balaban J connectivity index is 1.32. The molecule has 0 unspecified atom stereocenters. The van der Waals surface area contributed by atoms with Gasteiger partial charge in [-0.2, -0.15) is 0 Å². The standard InChI is InChI=1S/C22H24N6O/c1-17-6-2-3-7-18(17)14-24-21(29)19-15-25-22(26-16-19)28-12-10-27(11-13-28)20-8-4-5-9-23-20/h2-9,15-16H,10-14H2,1H3,(H,24,29). The molecule has 0 saturated carbocycles. The highest BCUT2D eigenvalue weighted by atomic mass is 16.1. The number of carbonyl (C=O) groups is 1. The third-order valence-corrected chi connectivity index (χ3v) is 5.14. The Morgan fingerprint density at radius 1 is 0.931 bits per heavy atom. The summed E-state index contributed by atoms with van der Waals surface area (Å²) in [6, 6.07) is 14.0. The smallest absolute Gasteiger partial charge is 0.254 e. The Kier molecular flexibility index (Phi) is 5.65. The molecule has 4 rings (SSSR count). The van der Waals surface area contributed by atoms with Gasteiger partial charge in [-0.25, -0.2) is 15.0 Å². The van der Waals surface area contributed by atoms with E-state index in [1.54, 1.807) is 12.4 Å². The molecule has 0 atom stereocenters. The number of aromatic nitrogens is 3. The average molecular weight is 388 g/mol. The molecular formula is C22H24N6O. The second-order valence-corrected chi connectivity index (χ2v) is 7.04. The van der Waals surface area contributed by atoms with Crippen LogP contribution in [0.3, 0.4) is 0 Å². The van der Waals surface area contributed by atoms with E-state index in [2.05, 4.69) is 30.1 Å². The van der Waals surface area contributed by atoms with E-state index in [9.17, 15) is 4.79 Å². The molecule has 1 N–H and O–H groups in total. The minimum atomic E-state index is -0.167. The molecule has 29 heavy (non-hydrogen) atoms. The summed E-state index contributed by atoms with van der Waals surface area (Å²) < 4.78 is 0. The monoisotopic (exact) mass is 388 g/mol. The lowest BCUT2D eigenvalue weighted by Gasteiger charge is -2.35. The molecule has 1 fully saturated rings. The highest BCUT2D eigenvalue weighted by Gasteiger charge is 2.20. The topological polar surface area (TPSA) is 74.2 Å². The summed E-state index contributed by atoms with van der Waals surface area (Å²) in [6.07, 6.45) is 5.01. The lowest BCUT2D eigenvalue weighted by molar-refractivity contribution is 0.0950. The van der Waals surface area contributed by atoms with Crippen molar-refractivity contribution >= 4 is 17.7 Å². The maximum atomic E-state index is 12.4. The van der Waals surface area contributed by atoms with Gasteiger partial charge in [0.05, 0.1) is 5.56 Å². The van der Waals surface area contributed by atoms with Gasteiger partial charge in [-0.1, -0.05) is 30.3 Å². The molecule has 1 amide bonds. The van der Waals surface area contributed by atoms with Crippen LogP contribution >= 0.6 is 0 Å². The molecule has 1 aromatic carbocycles. The number of nitrogens with zero attached hydrogens (tertiary/aromatic N) is 5. The van der Waals surface area contributed by atoms with Crippen LogP contribution in [0.15, 0.2) is 61.1 Å². The van der Waals surface area contributed by atoms with Crippen molar-refractivity contribution < 1.29 is 4.79 Å². The van der Waals surface area contributed by atoms with Crippen LogP contribution in [-0.4, -0.2) is 47.0 Å². The van der Waals surface area contributed by atoms with Gasteiger partial charge in [-0.05, 0) is 30.2 Å². The number of hydrogen-bond donors (Lipinski definition) is 1. The zero-order chi connectivity index (χ0) is 20.1. The van der Waals surface area contributed by atoms with Crippen LogP contribution in [0.1, 0.15) is 21.5 Å². The van der Waals surface area contributed by atoms with Gasteiger partial charge in [0.15, 0.2) is 0 Å². The molecule has 0 bridgehead atoms. The maximum absolute atomic E-state index is 12.4. The van der Waals surface area contributed by atoms with Gasteiger partial charge in [0.25, 0.3) is 5.91 Å². The Hall–Kier alpha value is -3.48. The van der Waals surface area contributed by atoms with E-state index in [1.807, 2.05) is 55.6 Å². The van der Waals surface area contributed by atoms with Crippen molar-refractivity contribution in [3.05, 3.63) is 77.7 Å². The summed E-state index contributed by atoms with van der Waals surface area (Å²) in [6.45, 7) is 5.87. The molecule has 1 aliphatic heterocycles. The van der Waals surface area contributed by atoms with Gasteiger partial charge in [0.1, 0.15) is 5.82 Å². The molecular weight excluding hydrogens is 364 g/mol. The number of piperazine rings is 1. The lowest BCUT2D eigenvalue weighted by atomic mass is 10.1. The molecule has 0 aliphatic carbocycles. The highest BCUT2D eigenvalue weighted by Crippen LogP contribution is 2.16. The fourth-order valence-electron chi connectivity index (χ4n) is 3.36. The summed E-state index contributed by atoms with van der Waals surface area (Å²) in [4.78, 5) is 30.0. The molecule has 0 radical (unpaired) electrons. The number of nitrogens with one attached hydrogen (secondary N) is 1. The van der Waals surface area contributed by atoms with Crippen LogP contribution in [0.2, 0.25) is 0 Å². The number of aryl methyl sites for hydroxylation is 1. The van der Waals surface area contributed by atoms with E-state index in [0.29, 0.717) is 18.1 Å². The highest BCUT2D eigenvalue weighted by molar-refractivity contribution is 5.93. The van der Waals surface area contributed by atoms with E-state index in [4.69, 9.17) is 0 Å². The van der Waals surface area contributed by atoms with Crippen molar-refractivity contribution in [1.29, 1.82) is 0 Å². The van der Waals surface area contributed by atoms with Gasteiger partial charge in [-0.3, -0.25) is 4.79 Å². The Labute approximate surface area is 170 Å². The van der Waals surface area contributed by atoms with Gasteiger partial charge < -0.3 is 15.1 Å². The molecule has 7 heteroatoms. The fourth-order valence-corrected chi connectivity index (χ4v) is 3.36. The van der Waals surface area contributed by atoms with Crippen molar-refractivity contribution in [3.8, 4) is 0 Å². The first-order chi connectivity index (χ1) is 14.2. The average Bonchev–Trinajstić information content (AvgIpc) is 2.79. The van der Waals surface area contributed by atoms with E-state index in [-0.39, 0.29) is 5.91 Å². The fraction of sp³-hybridized carbons (Fsp3) is 0.273. The number of rotatable bonds is 5. The molecule has 3 aromatic rings. The quantitative estimate of drug-likeness (QED) is 0.724. The molecule has 7 nitrogen and oxygen atoms in total. The molecule has 148 valence electrons. The number of benzene rings is 1. The van der Waals surface area contributed by atoms with Crippen LogP contribution in [-0.2, 0) is 6.54 Å². The predicted octanol–water partition coefficient (Wildman–Crippen LogP) is 2.44. The Morgan fingerprint density at radius 3 is 2.31 bits per heavy atom. The summed E-state index contributed by atoms with van der Waals surface area (Å²) in [5, 5.41) is 2.93. The molecule has 3 heterocycles. The first kappa shape index (κ1) is 18.9. The van der Waals surface area contributed by atoms with Gasteiger partial charge in [0, 0.05) is 51.3 Å². The second kappa shape index (κ2) is 8.68. The van der Waals surface area contributed by atoms with Crippen LogP contribution in [0.5, 0.6) is 0 Å². The van der Waals surface area contributed by atoms with Crippen molar-refractivity contribution in [3.63, 3.8) is 0 Å². The second-order valence-electron chi connectivity index (χ2n) is 7.04. The first-order valence-corrected chi connectivity index (χ1v) is 9.76. The number of amides is 1. The van der Waals surface area contributed by atoms with Crippen molar-refractivity contribution in [1.82, 2.24) is 20.3 Å². The van der Waals surface area contributed by atoms with E-state index < -0.39 is 0 Å². The van der Waals surface area contributed by atoms with Crippen LogP contribution < -0.4 is 15.1 Å². The van der Waals surface area contributed by atoms with E-state index in [0.717, 1.165) is 43.1 Å². The number of pyridine rings is 1. The Morgan fingerprint density at radius 2 is 1.62 bits per heavy atom. The maximum Gasteiger partial charge on any atom is 0.254 e. The van der Waals surface area contributed by atoms with E-state index >= 15 is 0 Å². The summed E-state index contributed by atoms with van der Waals surface area (Å²) >= 11 is 0. The number of anilines is 2. The minimum Gasteiger partial charge on any atom is -0.353 e. The molecule has 1 aliphatic rings. The summed E-state index contributed by atoms with van der Waals surface area (Å²) in [5.41, 5.74) is 2.72. The largest absolute Gasteiger partial charge is 0.353 e. The van der Waals surface area contributed by atoms with Gasteiger partial charge in [-0.15, -0.1) is 0 Å². The Bertz CT molecular complexity index is 953. The molecule has 1 saturated heterocycles. The number of carbonyl (C=O) groups excluding carboxylic acids is 1. The van der Waals surface area contributed by atoms with Crippen LogP contribution in [0.25, 0.3) is 0 Å². The van der Waals surface area contributed by atoms with Crippen LogP contribution in [0, 0.1) is 6.92 Å². The summed E-state index contributed by atoms with van der Waals surface area (Å²) in [5.74, 6) is 1.48. The minimum absolute atomic E-state index is 0.167. The van der Waals surface area contributed by atoms with Crippen molar-refractivity contribution in [2.45, 2.75) is 13.5 Å². The van der Waals surface area contributed by atoms with Crippen molar-refractivity contribution in [2.24, 2.45) is 0 Å². The zero-order valence-corrected chi connectivity index (χ0v) is 16.5. The SMILES string of the molecule is Cc1ccccc1CNC(=O)c1cnc(N2CCN(c3ccccn3)CC2)nc1. The third kappa shape index (κ3) is 4.51. The lowest BCUT2D eigenvalue weighted by Crippen LogP contribution is -2.47. The number of hydrogen-bond acceptors (Lipinski definition) is 6. The van der Waals surface area contributed by atoms with Crippen molar-refractivity contribution in [2.75, 3.05) is 36.0 Å². The normalized spacial score (nSPS) is 14.0. The zero-order valence-electron chi connectivity index (χ0n) is 16.5. The predicted molar refractivity (Wildman–Crippen MR) is 113 cm³/mol. The van der Waals surface area contributed by atoms with E-state index in [1.165, 1.54) is 0 Å².